The fraction of sp³-hybridized carbons (Fsp3) is 0.406. The molecule has 3 aromatic carbocycles. The van der Waals surface area contributed by atoms with Crippen LogP contribution in [-0.2, 0) is 17.8 Å². The summed E-state index contributed by atoms with van der Waals surface area (Å²) in [5.74, 6) is 1.27. The Hall–Kier alpha value is -2.61. The van der Waals surface area contributed by atoms with Crippen molar-refractivity contribution in [2.45, 2.75) is 56.8 Å². The third kappa shape index (κ3) is 6.99. The SMILES string of the molecule is COc1cc(CO)ccc1CC(C)NC1CN(CC2CC2)C(C(=O)Nc2cccc(Cl)c2)C1c1cccc(Cl)c1. The van der Waals surface area contributed by atoms with E-state index >= 15 is 0 Å². The summed E-state index contributed by atoms with van der Waals surface area (Å²) in [6.45, 7) is 3.79. The first kappa shape index (κ1) is 28.9. The molecule has 1 amide bonds. The number of hydrogen-bond acceptors (Lipinski definition) is 5. The number of nitrogens with one attached hydrogen (secondary N) is 2. The second kappa shape index (κ2) is 12.9. The minimum absolute atomic E-state index is 0.0245. The molecule has 4 unspecified atom stereocenters. The molecule has 1 aliphatic heterocycles. The van der Waals surface area contributed by atoms with Gasteiger partial charge in [-0.2, -0.15) is 0 Å². The molecule has 4 atom stereocenters. The molecule has 1 saturated heterocycles. The molecule has 40 heavy (non-hydrogen) atoms. The second-order valence-electron chi connectivity index (χ2n) is 11.1. The monoisotopic (exact) mass is 581 g/mol. The maximum Gasteiger partial charge on any atom is 0.242 e. The van der Waals surface area contributed by atoms with Crippen LogP contribution in [-0.4, -0.2) is 54.2 Å². The van der Waals surface area contributed by atoms with E-state index in [2.05, 4.69) is 28.5 Å². The molecule has 2 fully saturated rings. The van der Waals surface area contributed by atoms with Gasteiger partial charge >= 0.3 is 0 Å². The van der Waals surface area contributed by atoms with Gasteiger partial charge in [0.2, 0.25) is 5.91 Å². The number of aliphatic hydroxyl groups is 1. The Morgan fingerprint density at radius 3 is 2.50 bits per heavy atom. The van der Waals surface area contributed by atoms with E-state index < -0.39 is 0 Å². The Bertz CT molecular complexity index is 1330. The summed E-state index contributed by atoms with van der Waals surface area (Å²) >= 11 is 12.7. The van der Waals surface area contributed by atoms with Gasteiger partial charge in [0.05, 0.1) is 19.8 Å². The molecule has 3 N–H and O–H groups in total. The number of amides is 1. The van der Waals surface area contributed by atoms with Crippen LogP contribution in [0.2, 0.25) is 10.0 Å². The van der Waals surface area contributed by atoms with Crippen molar-refractivity contribution in [3.63, 3.8) is 0 Å². The van der Waals surface area contributed by atoms with Crippen LogP contribution >= 0.6 is 23.2 Å². The van der Waals surface area contributed by atoms with Gasteiger partial charge in [0, 0.05) is 46.8 Å². The minimum atomic E-state index is -0.360. The fourth-order valence-corrected chi connectivity index (χ4v) is 6.34. The first-order valence-corrected chi connectivity index (χ1v) is 14.7. The van der Waals surface area contributed by atoms with Gasteiger partial charge in [-0.05, 0) is 85.2 Å². The average molecular weight is 583 g/mol. The van der Waals surface area contributed by atoms with Crippen LogP contribution in [0.3, 0.4) is 0 Å². The van der Waals surface area contributed by atoms with Crippen LogP contribution in [0.15, 0.2) is 66.7 Å². The van der Waals surface area contributed by atoms with Crippen LogP contribution in [0, 0.1) is 5.92 Å². The summed E-state index contributed by atoms with van der Waals surface area (Å²) in [6, 6.07) is 20.8. The van der Waals surface area contributed by atoms with Gasteiger partial charge in [-0.1, -0.05) is 53.5 Å². The summed E-state index contributed by atoms with van der Waals surface area (Å²) in [5.41, 5.74) is 3.63. The van der Waals surface area contributed by atoms with E-state index in [4.69, 9.17) is 27.9 Å². The number of benzene rings is 3. The largest absolute Gasteiger partial charge is 0.496 e. The second-order valence-corrected chi connectivity index (χ2v) is 12.0. The van der Waals surface area contributed by atoms with Crippen LogP contribution < -0.4 is 15.4 Å². The van der Waals surface area contributed by atoms with Gasteiger partial charge in [-0.15, -0.1) is 0 Å². The highest BCUT2D eigenvalue weighted by atomic mass is 35.5. The number of aliphatic hydroxyl groups excluding tert-OH is 1. The number of carbonyl (C=O) groups excluding carboxylic acids is 1. The predicted octanol–water partition coefficient (Wildman–Crippen LogP) is 5.90. The summed E-state index contributed by atoms with van der Waals surface area (Å²) in [5, 5.41) is 17.8. The number of ether oxygens (including phenoxy) is 1. The summed E-state index contributed by atoms with van der Waals surface area (Å²) in [7, 11) is 1.66. The molecular formula is C32H37Cl2N3O3. The zero-order chi connectivity index (χ0) is 28.2. The van der Waals surface area contributed by atoms with Crippen molar-refractivity contribution in [1.82, 2.24) is 10.2 Å². The summed E-state index contributed by atoms with van der Waals surface area (Å²) in [6.07, 6.45) is 3.16. The van der Waals surface area contributed by atoms with Crippen molar-refractivity contribution in [2.24, 2.45) is 5.92 Å². The third-order valence-electron chi connectivity index (χ3n) is 7.94. The highest BCUT2D eigenvalue weighted by molar-refractivity contribution is 6.31. The lowest BCUT2D eigenvalue weighted by atomic mass is 9.87. The van der Waals surface area contributed by atoms with Crippen molar-refractivity contribution in [1.29, 1.82) is 0 Å². The van der Waals surface area contributed by atoms with Gasteiger partial charge < -0.3 is 20.5 Å². The molecule has 1 aliphatic carbocycles. The van der Waals surface area contributed by atoms with Gasteiger partial charge in [-0.25, -0.2) is 0 Å². The molecule has 1 saturated carbocycles. The van der Waals surface area contributed by atoms with Crippen molar-refractivity contribution < 1.29 is 14.6 Å². The number of likely N-dealkylation sites (tertiary alicyclic amines) is 1. The first-order chi connectivity index (χ1) is 19.3. The Balaban J connectivity index is 1.42. The minimum Gasteiger partial charge on any atom is -0.496 e. The Morgan fingerprint density at radius 1 is 1.07 bits per heavy atom. The molecular weight excluding hydrogens is 545 g/mol. The van der Waals surface area contributed by atoms with Crippen molar-refractivity contribution in [3.8, 4) is 5.75 Å². The first-order valence-electron chi connectivity index (χ1n) is 13.9. The molecule has 5 rings (SSSR count). The topological polar surface area (TPSA) is 73.8 Å². The molecule has 8 heteroatoms. The normalized spacial score (nSPS) is 21.8. The third-order valence-corrected chi connectivity index (χ3v) is 8.41. The van der Waals surface area contributed by atoms with Gasteiger partial charge in [0.25, 0.3) is 0 Å². The van der Waals surface area contributed by atoms with Crippen molar-refractivity contribution in [3.05, 3.63) is 93.5 Å². The fourth-order valence-electron chi connectivity index (χ4n) is 5.95. The van der Waals surface area contributed by atoms with Crippen LogP contribution in [0.5, 0.6) is 5.75 Å². The number of rotatable bonds is 11. The zero-order valence-corrected chi connectivity index (χ0v) is 24.5. The number of carbonyl (C=O) groups is 1. The highest BCUT2D eigenvalue weighted by Gasteiger charge is 2.48. The molecule has 2 aliphatic rings. The lowest BCUT2D eigenvalue weighted by Crippen LogP contribution is -2.44. The predicted molar refractivity (Wildman–Crippen MR) is 161 cm³/mol. The van der Waals surface area contributed by atoms with Crippen molar-refractivity contribution >= 4 is 34.8 Å². The van der Waals surface area contributed by atoms with E-state index in [-0.39, 0.29) is 36.6 Å². The maximum absolute atomic E-state index is 14.0. The molecule has 1 heterocycles. The molecule has 0 radical (unpaired) electrons. The maximum atomic E-state index is 14.0. The average Bonchev–Trinajstić information content (AvgIpc) is 3.68. The van der Waals surface area contributed by atoms with Crippen molar-refractivity contribution in [2.75, 3.05) is 25.5 Å². The number of anilines is 1. The summed E-state index contributed by atoms with van der Waals surface area (Å²) < 4.78 is 5.62. The number of nitrogens with zero attached hydrogens (tertiary/aromatic N) is 1. The lowest BCUT2D eigenvalue weighted by molar-refractivity contribution is -0.120. The Morgan fingerprint density at radius 2 is 1.82 bits per heavy atom. The van der Waals surface area contributed by atoms with Crippen LogP contribution in [0.1, 0.15) is 42.4 Å². The molecule has 0 spiro atoms. The molecule has 6 nitrogen and oxygen atoms in total. The van der Waals surface area contributed by atoms with E-state index in [1.165, 1.54) is 12.8 Å². The van der Waals surface area contributed by atoms with E-state index in [0.717, 1.165) is 42.0 Å². The quantitative estimate of drug-likeness (QED) is 0.263. The Kier molecular flexibility index (Phi) is 9.34. The van der Waals surface area contributed by atoms with Gasteiger partial charge in [0.15, 0.2) is 0 Å². The lowest BCUT2D eigenvalue weighted by Gasteiger charge is -2.29. The van der Waals surface area contributed by atoms with E-state index in [1.54, 1.807) is 19.2 Å². The summed E-state index contributed by atoms with van der Waals surface area (Å²) in [4.78, 5) is 16.3. The molecule has 3 aromatic rings. The van der Waals surface area contributed by atoms with E-state index in [9.17, 15) is 9.90 Å². The van der Waals surface area contributed by atoms with E-state index in [1.807, 2.05) is 48.5 Å². The van der Waals surface area contributed by atoms with Gasteiger partial charge in [0.1, 0.15) is 5.75 Å². The highest BCUT2D eigenvalue weighted by Crippen LogP contribution is 2.40. The van der Waals surface area contributed by atoms with Gasteiger partial charge in [-0.3, -0.25) is 9.69 Å². The zero-order valence-electron chi connectivity index (χ0n) is 22.9. The standard InChI is InChI=1S/C32H37Cl2N3O3/c1-20(13-23-12-11-22(19-38)14-29(23)40-2)35-28-18-37(17-21-9-10-21)31(30(28)24-5-3-6-25(33)15-24)32(39)36-27-8-4-7-26(34)16-27/h3-8,11-12,14-16,20-21,28,30-31,35,38H,9-10,13,17-19H2,1-2H3,(H,36,39). The Labute approximate surface area is 246 Å². The molecule has 212 valence electrons. The number of hydrogen-bond donors (Lipinski definition) is 3. The molecule has 0 aromatic heterocycles. The number of halogens is 2. The molecule has 0 bridgehead atoms. The van der Waals surface area contributed by atoms with E-state index in [0.29, 0.717) is 21.7 Å². The van der Waals surface area contributed by atoms with Crippen LogP contribution in [0.4, 0.5) is 5.69 Å². The van der Waals surface area contributed by atoms with Crippen LogP contribution in [0.25, 0.3) is 0 Å². The smallest absolute Gasteiger partial charge is 0.242 e. The number of methoxy groups -OCH3 is 1.